The molecule has 1 N–H and O–H groups in total. The van der Waals surface area contributed by atoms with E-state index in [1.54, 1.807) is 19.1 Å². The van der Waals surface area contributed by atoms with Gasteiger partial charge in [0, 0.05) is 31.4 Å². The van der Waals surface area contributed by atoms with Crippen molar-refractivity contribution in [1.29, 1.82) is 0 Å². The van der Waals surface area contributed by atoms with Crippen LogP contribution in [-0.4, -0.2) is 30.4 Å². The number of hydrogen-bond acceptors (Lipinski definition) is 4. The first kappa shape index (κ1) is 27.0. The number of ether oxygens (including phenoxy) is 1. The van der Waals surface area contributed by atoms with Gasteiger partial charge >= 0.3 is 5.97 Å². The second-order valence-corrected chi connectivity index (χ2v) is 9.12. The van der Waals surface area contributed by atoms with Crippen LogP contribution in [0.25, 0.3) is 11.1 Å². The quantitative estimate of drug-likeness (QED) is 0.200. The third-order valence-electron chi connectivity index (χ3n) is 6.15. The Hall–Kier alpha value is -3.60. The van der Waals surface area contributed by atoms with Crippen LogP contribution in [0, 0.1) is 0 Å². The van der Waals surface area contributed by atoms with Crippen molar-refractivity contribution in [3.63, 3.8) is 0 Å². The molecule has 0 aromatic heterocycles. The minimum Gasteiger partial charge on any atom is -0.462 e. The highest BCUT2D eigenvalue weighted by Gasteiger charge is 2.10. The fourth-order valence-electron chi connectivity index (χ4n) is 4.13. The first-order valence-electron chi connectivity index (χ1n) is 13.0. The largest absolute Gasteiger partial charge is 0.462 e. The van der Waals surface area contributed by atoms with E-state index in [1.165, 1.54) is 19.3 Å². The van der Waals surface area contributed by atoms with Crippen LogP contribution in [-0.2, 0) is 16.1 Å². The molecule has 0 aliphatic rings. The van der Waals surface area contributed by atoms with Gasteiger partial charge in [0.1, 0.15) is 0 Å². The molecule has 0 spiro atoms. The van der Waals surface area contributed by atoms with Crippen molar-refractivity contribution in [3.8, 4) is 11.1 Å². The Morgan fingerprint density at radius 2 is 1.56 bits per heavy atom. The fraction of sp³-hybridized carbons (Fsp3) is 0.355. The van der Waals surface area contributed by atoms with Crippen LogP contribution in [0.4, 0.5) is 11.4 Å². The number of benzene rings is 3. The Morgan fingerprint density at radius 3 is 2.31 bits per heavy atom. The van der Waals surface area contributed by atoms with E-state index in [0.29, 0.717) is 25.1 Å². The molecule has 3 rings (SSSR count). The van der Waals surface area contributed by atoms with Gasteiger partial charge in [0.15, 0.2) is 0 Å². The van der Waals surface area contributed by atoms with E-state index in [-0.39, 0.29) is 11.9 Å². The van der Waals surface area contributed by atoms with E-state index >= 15 is 0 Å². The number of unbranched alkanes of at least 4 members (excludes halogenated alkanes) is 4. The zero-order chi connectivity index (χ0) is 25.8. The monoisotopic (exact) mass is 486 g/mol. The lowest BCUT2D eigenvalue weighted by atomic mass is 10.0. The Kier molecular flexibility index (Phi) is 10.6. The topological polar surface area (TPSA) is 58.6 Å². The predicted octanol–water partition coefficient (Wildman–Crippen LogP) is 7.59. The summed E-state index contributed by atoms with van der Waals surface area (Å²) in [4.78, 5) is 26.3. The van der Waals surface area contributed by atoms with Gasteiger partial charge < -0.3 is 15.0 Å². The van der Waals surface area contributed by atoms with Gasteiger partial charge in [0.25, 0.3) is 0 Å². The maximum absolute atomic E-state index is 12.5. The van der Waals surface area contributed by atoms with Crippen LogP contribution in [0.3, 0.4) is 0 Å². The van der Waals surface area contributed by atoms with E-state index in [2.05, 4.69) is 42.6 Å². The normalized spacial score (nSPS) is 10.6. The maximum atomic E-state index is 12.5. The van der Waals surface area contributed by atoms with E-state index < -0.39 is 0 Å². The second kappa shape index (κ2) is 14.1. The SMILES string of the molecule is CCCCCCCC(=O)N(C)Cc1cccc(-c2ccc(Nc3cccc(C(=O)OCC)c3)cc2)c1. The number of hydrogen-bond donors (Lipinski definition) is 1. The molecule has 0 heterocycles. The average Bonchev–Trinajstić information content (AvgIpc) is 2.89. The van der Waals surface area contributed by atoms with Gasteiger partial charge in [-0.3, -0.25) is 4.79 Å². The molecule has 1 amide bonds. The summed E-state index contributed by atoms with van der Waals surface area (Å²) in [6, 6.07) is 23.8. The fourth-order valence-corrected chi connectivity index (χ4v) is 4.13. The maximum Gasteiger partial charge on any atom is 0.338 e. The molecule has 0 saturated heterocycles. The number of rotatable bonds is 13. The van der Waals surface area contributed by atoms with E-state index in [4.69, 9.17) is 4.74 Å². The van der Waals surface area contributed by atoms with E-state index in [0.717, 1.165) is 40.9 Å². The molecule has 0 atom stereocenters. The van der Waals surface area contributed by atoms with Gasteiger partial charge in [-0.1, -0.05) is 69.0 Å². The van der Waals surface area contributed by atoms with Crippen LogP contribution in [0.2, 0.25) is 0 Å². The number of carbonyl (C=O) groups excluding carboxylic acids is 2. The van der Waals surface area contributed by atoms with Gasteiger partial charge in [0.05, 0.1) is 12.2 Å². The van der Waals surface area contributed by atoms with Crippen LogP contribution in [0.1, 0.15) is 68.3 Å². The molecule has 0 fully saturated rings. The highest BCUT2D eigenvalue weighted by Crippen LogP contribution is 2.25. The van der Waals surface area contributed by atoms with Crippen molar-refractivity contribution >= 4 is 23.3 Å². The second-order valence-electron chi connectivity index (χ2n) is 9.12. The number of nitrogens with zero attached hydrogens (tertiary/aromatic N) is 1. The van der Waals surface area contributed by atoms with Gasteiger partial charge in [-0.15, -0.1) is 0 Å². The van der Waals surface area contributed by atoms with Crippen molar-refractivity contribution in [2.75, 3.05) is 19.0 Å². The summed E-state index contributed by atoms with van der Waals surface area (Å²) in [6.45, 7) is 4.96. The molecule has 5 heteroatoms. The molecule has 3 aromatic carbocycles. The Labute approximate surface area is 215 Å². The summed E-state index contributed by atoms with van der Waals surface area (Å²) in [5.74, 6) is -0.116. The molecule has 0 radical (unpaired) electrons. The molecule has 0 unspecified atom stereocenters. The molecule has 3 aromatic rings. The molecule has 0 bridgehead atoms. The molecule has 0 aliphatic heterocycles. The van der Waals surface area contributed by atoms with Gasteiger partial charge in [0.2, 0.25) is 5.91 Å². The summed E-state index contributed by atoms with van der Waals surface area (Å²) in [7, 11) is 1.89. The lowest BCUT2D eigenvalue weighted by Gasteiger charge is -2.18. The van der Waals surface area contributed by atoms with Crippen molar-refractivity contribution in [3.05, 3.63) is 83.9 Å². The number of esters is 1. The lowest BCUT2D eigenvalue weighted by Crippen LogP contribution is -2.25. The molecule has 0 saturated carbocycles. The smallest absolute Gasteiger partial charge is 0.338 e. The Balaban J connectivity index is 1.59. The molecular weight excluding hydrogens is 448 g/mol. The van der Waals surface area contributed by atoms with Crippen molar-refractivity contribution in [1.82, 2.24) is 4.90 Å². The number of amides is 1. The average molecular weight is 487 g/mol. The zero-order valence-corrected chi connectivity index (χ0v) is 21.8. The Bertz CT molecular complexity index is 1120. The van der Waals surface area contributed by atoms with E-state index in [9.17, 15) is 9.59 Å². The van der Waals surface area contributed by atoms with Crippen molar-refractivity contribution in [2.24, 2.45) is 0 Å². The first-order chi connectivity index (χ1) is 17.5. The van der Waals surface area contributed by atoms with Crippen molar-refractivity contribution < 1.29 is 14.3 Å². The summed E-state index contributed by atoms with van der Waals surface area (Å²) < 4.78 is 5.09. The minimum atomic E-state index is -0.323. The number of nitrogens with one attached hydrogen (secondary N) is 1. The van der Waals surface area contributed by atoms with E-state index in [1.807, 2.05) is 42.3 Å². The van der Waals surface area contributed by atoms with Gasteiger partial charge in [-0.2, -0.15) is 0 Å². The van der Waals surface area contributed by atoms with Gasteiger partial charge in [-0.05, 0) is 66.4 Å². The zero-order valence-electron chi connectivity index (χ0n) is 21.8. The summed E-state index contributed by atoms with van der Waals surface area (Å²) in [5, 5.41) is 3.35. The summed E-state index contributed by atoms with van der Waals surface area (Å²) in [5.41, 5.74) is 5.62. The third kappa shape index (κ3) is 8.26. The van der Waals surface area contributed by atoms with Gasteiger partial charge in [-0.25, -0.2) is 4.79 Å². The number of anilines is 2. The first-order valence-corrected chi connectivity index (χ1v) is 13.0. The molecule has 190 valence electrons. The Morgan fingerprint density at radius 1 is 0.806 bits per heavy atom. The molecular formula is C31H38N2O3. The van der Waals surface area contributed by atoms with Crippen LogP contribution in [0.5, 0.6) is 0 Å². The van der Waals surface area contributed by atoms with Crippen LogP contribution in [0.15, 0.2) is 72.8 Å². The molecule has 5 nitrogen and oxygen atoms in total. The standard InChI is InChI=1S/C31H38N2O3/c1-4-6-7-8-9-16-30(34)33(3)23-24-12-10-13-26(21-24)25-17-19-28(20-18-25)32-29-15-11-14-27(22-29)31(35)36-5-2/h10-15,17-22,32H,4-9,16,23H2,1-3H3. The van der Waals surface area contributed by atoms with Crippen LogP contribution >= 0.6 is 0 Å². The molecule has 36 heavy (non-hydrogen) atoms. The summed E-state index contributed by atoms with van der Waals surface area (Å²) in [6.07, 6.45) is 6.40. The van der Waals surface area contributed by atoms with Crippen LogP contribution < -0.4 is 5.32 Å². The highest BCUT2D eigenvalue weighted by atomic mass is 16.5. The lowest BCUT2D eigenvalue weighted by molar-refractivity contribution is -0.130. The predicted molar refractivity (Wildman–Crippen MR) is 147 cm³/mol. The third-order valence-corrected chi connectivity index (χ3v) is 6.15. The minimum absolute atomic E-state index is 0.208. The molecule has 0 aliphatic carbocycles. The summed E-state index contributed by atoms with van der Waals surface area (Å²) >= 11 is 0. The van der Waals surface area contributed by atoms with Crippen molar-refractivity contribution in [2.45, 2.75) is 58.9 Å². The highest BCUT2D eigenvalue weighted by molar-refractivity contribution is 5.90. The number of carbonyl (C=O) groups is 2.